The molecular weight excluding hydrogens is 214 g/mol. The second kappa shape index (κ2) is 4.97. The Bertz CT molecular complexity index is 514. The number of aliphatic hydroxyl groups is 1. The van der Waals surface area contributed by atoms with E-state index in [2.05, 4.69) is 5.16 Å². The lowest BCUT2D eigenvalue weighted by Crippen LogP contribution is -1.96. The van der Waals surface area contributed by atoms with Gasteiger partial charge in [-0.3, -0.25) is 0 Å². The average Bonchev–Trinajstić information content (AvgIpc) is 2.87. The van der Waals surface area contributed by atoms with Gasteiger partial charge >= 0.3 is 0 Å². The van der Waals surface area contributed by atoms with Gasteiger partial charge in [-0.25, -0.2) is 0 Å². The van der Waals surface area contributed by atoms with Crippen molar-refractivity contribution in [2.45, 2.75) is 20.0 Å². The van der Waals surface area contributed by atoms with E-state index < -0.39 is 6.10 Å². The molecule has 0 aliphatic carbocycles. The molecule has 1 atom stereocenters. The molecule has 0 amide bonds. The molecule has 0 bridgehead atoms. The summed E-state index contributed by atoms with van der Waals surface area (Å²) >= 11 is 0. The van der Waals surface area contributed by atoms with Gasteiger partial charge in [0, 0.05) is 11.6 Å². The highest BCUT2D eigenvalue weighted by Crippen LogP contribution is 2.25. The Morgan fingerprint density at radius 3 is 2.71 bits per heavy atom. The Morgan fingerprint density at radius 1 is 1.35 bits per heavy atom. The molecule has 0 aliphatic heterocycles. The first-order valence-electron chi connectivity index (χ1n) is 5.55. The van der Waals surface area contributed by atoms with Crippen molar-refractivity contribution in [2.24, 2.45) is 0 Å². The van der Waals surface area contributed by atoms with E-state index in [0.717, 1.165) is 16.8 Å². The summed E-state index contributed by atoms with van der Waals surface area (Å²) in [6.07, 6.45) is 1.14. The number of hydrogen-bond acceptors (Lipinski definition) is 3. The van der Waals surface area contributed by atoms with Crippen molar-refractivity contribution in [3.05, 3.63) is 53.8 Å². The largest absolute Gasteiger partial charge is 0.381 e. The van der Waals surface area contributed by atoms with E-state index in [9.17, 15) is 5.11 Å². The highest BCUT2D eigenvalue weighted by atomic mass is 16.5. The molecule has 88 valence electrons. The highest BCUT2D eigenvalue weighted by molar-refractivity contribution is 5.58. The van der Waals surface area contributed by atoms with Crippen LogP contribution in [-0.2, 0) is 0 Å². The van der Waals surface area contributed by atoms with Gasteiger partial charge in [0.2, 0.25) is 0 Å². The normalized spacial score (nSPS) is 13.7. The number of aromatic nitrogens is 1. The standard InChI is InChI=1S/C14H15NO2/c1-3-10(2)14(16)13-9-12(15-17-13)11-7-5-4-6-8-11/h3-9,14,16H,1-2H3. The second-order valence-corrected chi connectivity index (χ2v) is 3.92. The molecule has 0 radical (unpaired) electrons. The van der Waals surface area contributed by atoms with E-state index in [0.29, 0.717) is 5.76 Å². The first-order chi connectivity index (χ1) is 8.22. The molecule has 3 heteroatoms. The van der Waals surface area contributed by atoms with Crippen LogP contribution < -0.4 is 0 Å². The SMILES string of the molecule is CC=C(C)C(O)c1cc(-c2ccccc2)no1. The van der Waals surface area contributed by atoms with Gasteiger partial charge in [0.05, 0.1) is 0 Å². The van der Waals surface area contributed by atoms with Crippen LogP contribution >= 0.6 is 0 Å². The van der Waals surface area contributed by atoms with E-state index in [1.807, 2.05) is 50.3 Å². The monoisotopic (exact) mass is 229 g/mol. The van der Waals surface area contributed by atoms with Crippen molar-refractivity contribution in [1.82, 2.24) is 5.16 Å². The van der Waals surface area contributed by atoms with Crippen LogP contribution in [0.1, 0.15) is 25.7 Å². The van der Waals surface area contributed by atoms with Crippen LogP contribution in [0.5, 0.6) is 0 Å². The van der Waals surface area contributed by atoms with Gasteiger partial charge in [-0.1, -0.05) is 41.6 Å². The topological polar surface area (TPSA) is 46.3 Å². The third kappa shape index (κ3) is 2.45. The first kappa shape index (κ1) is 11.6. The molecule has 1 aromatic heterocycles. The summed E-state index contributed by atoms with van der Waals surface area (Å²) in [5.41, 5.74) is 2.57. The molecule has 1 unspecified atom stereocenters. The van der Waals surface area contributed by atoms with Gasteiger partial charge in [-0.15, -0.1) is 0 Å². The molecule has 2 rings (SSSR count). The molecule has 1 N–H and O–H groups in total. The fourth-order valence-corrected chi connectivity index (χ4v) is 1.55. The van der Waals surface area contributed by atoms with E-state index in [-0.39, 0.29) is 0 Å². The molecule has 17 heavy (non-hydrogen) atoms. The first-order valence-corrected chi connectivity index (χ1v) is 5.55. The van der Waals surface area contributed by atoms with Crippen LogP contribution in [0.25, 0.3) is 11.3 Å². The second-order valence-electron chi connectivity index (χ2n) is 3.92. The summed E-state index contributed by atoms with van der Waals surface area (Å²) in [4.78, 5) is 0. The van der Waals surface area contributed by atoms with Gasteiger partial charge in [-0.05, 0) is 19.4 Å². The predicted molar refractivity (Wildman–Crippen MR) is 66.3 cm³/mol. The lowest BCUT2D eigenvalue weighted by atomic mass is 10.1. The lowest BCUT2D eigenvalue weighted by Gasteiger charge is -2.05. The molecule has 0 fully saturated rings. The molecule has 1 aromatic carbocycles. The number of aliphatic hydroxyl groups excluding tert-OH is 1. The Hall–Kier alpha value is -1.87. The fraction of sp³-hybridized carbons (Fsp3) is 0.214. The van der Waals surface area contributed by atoms with Crippen molar-refractivity contribution < 1.29 is 9.63 Å². The van der Waals surface area contributed by atoms with Crippen molar-refractivity contribution in [3.63, 3.8) is 0 Å². The number of allylic oxidation sites excluding steroid dienone is 1. The van der Waals surface area contributed by atoms with Crippen molar-refractivity contribution in [2.75, 3.05) is 0 Å². The summed E-state index contributed by atoms with van der Waals surface area (Å²) < 4.78 is 5.16. The average molecular weight is 229 g/mol. The van der Waals surface area contributed by atoms with E-state index in [4.69, 9.17) is 4.52 Å². The smallest absolute Gasteiger partial charge is 0.170 e. The van der Waals surface area contributed by atoms with Crippen LogP contribution in [-0.4, -0.2) is 10.3 Å². The minimum atomic E-state index is -0.718. The van der Waals surface area contributed by atoms with E-state index >= 15 is 0 Å². The maximum Gasteiger partial charge on any atom is 0.170 e. The number of hydrogen-bond donors (Lipinski definition) is 1. The summed E-state index contributed by atoms with van der Waals surface area (Å²) in [7, 11) is 0. The van der Waals surface area contributed by atoms with Crippen LogP contribution in [0, 0.1) is 0 Å². The molecule has 2 aromatic rings. The lowest BCUT2D eigenvalue weighted by molar-refractivity contribution is 0.172. The van der Waals surface area contributed by atoms with Gasteiger partial charge in [0.1, 0.15) is 11.8 Å². The zero-order valence-electron chi connectivity index (χ0n) is 9.92. The Balaban J connectivity index is 2.28. The molecule has 0 saturated heterocycles. The number of benzene rings is 1. The number of rotatable bonds is 3. The van der Waals surface area contributed by atoms with E-state index in [1.54, 1.807) is 6.07 Å². The summed E-state index contributed by atoms with van der Waals surface area (Å²) in [6.45, 7) is 3.74. The van der Waals surface area contributed by atoms with Gasteiger partial charge in [0.15, 0.2) is 5.76 Å². The summed E-state index contributed by atoms with van der Waals surface area (Å²) in [5, 5.41) is 13.9. The zero-order chi connectivity index (χ0) is 12.3. The molecule has 0 saturated carbocycles. The Morgan fingerprint density at radius 2 is 2.06 bits per heavy atom. The summed E-state index contributed by atoms with van der Waals surface area (Å²) in [5.74, 6) is 0.472. The molecular formula is C14H15NO2. The maximum atomic E-state index is 9.95. The Labute approximate surface area is 100 Å². The van der Waals surface area contributed by atoms with Gasteiger partial charge in [-0.2, -0.15) is 0 Å². The van der Waals surface area contributed by atoms with Crippen molar-refractivity contribution in [1.29, 1.82) is 0 Å². The summed E-state index contributed by atoms with van der Waals surface area (Å²) in [6, 6.07) is 11.5. The van der Waals surface area contributed by atoms with Crippen LogP contribution in [0.2, 0.25) is 0 Å². The molecule has 1 heterocycles. The number of nitrogens with zero attached hydrogens (tertiary/aromatic N) is 1. The minimum absolute atomic E-state index is 0.472. The Kier molecular flexibility index (Phi) is 3.40. The molecule has 0 aliphatic rings. The predicted octanol–water partition coefficient (Wildman–Crippen LogP) is 3.34. The van der Waals surface area contributed by atoms with E-state index in [1.165, 1.54) is 0 Å². The van der Waals surface area contributed by atoms with Crippen molar-refractivity contribution in [3.8, 4) is 11.3 Å². The zero-order valence-corrected chi connectivity index (χ0v) is 9.92. The molecule has 0 spiro atoms. The maximum absolute atomic E-state index is 9.95. The minimum Gasteiger partial charge on any atom is -0.381 e. The van der Waals surface area contributed by atoms with Crippen LogP contribution in [0.15, 0.2) is 52.6 Å². The third-order valence-corrected chi connectivity index (χ3v) is 2.75. The highest BCUT2D eigenvalue weighted by Gasteiger charge is 2.15. The fourth-order valence-electron chi connectivity index (χ4n) is 1.55. The van der Waals surface area contributed by atoms with Gasteiger partial charge in [0.25, 0.3) is 0 Å². The van der Waals surface area contributed by atoms with Gasteiger partial charge < -0.3 is 9.63 Å². The quantitative estimate of drug-likeness (QED) is 0.821. The van der Waals surface area contributed by atoms with Crippen LogP contribution in [0.3, 0.4) is 0 Å². The molecule has 3 nitrogen and oxygen atoms in total. The van der Waals surface area contributed by atoms with Crippen LogP contribution in [0.4, 0.5) is 0 Å². The third-order valence-electron chi connectivity index (χ3n) is 2.75. The van der Waals surface area contributed by atoms with Crippen molar-refractivity contribution >= 4 is 0 Å².